The van der Waals surface area contributed by atoms with Crippen LogP contribution in [0.4, 0.5) is 0 Å². The highest BCUT2D eigenvalue weighted by Crippen LogP contribution is 2.26. The van der Waals surface area contributed by atoms with Crippen molar-refractivity contribution in [3.8, 4) is 0 Å². The molecule has 0 atom stereocenters. The van der Waals surface area contributed by atoms with E-state index in [1.165, 1.54) is 6.33 Å². The van der Waals surface area contributed by atoms with Crippen LogP contribution in [0.2, 0.25) is 0 Å². The number of nitrogens with one attached hydrogen (secondary N) is 1. The maximum atomic E-state index is 11.8. The Balaban J connectivity index is 2.22. The maximum absolute atomic E-state index is 11.8. The Morgan fingerprint density at radius 3 is 3.00 bits per heavy atom. The predicted octanol–water partition coefficient (Wildman–Crippen LogP) is 2.48. The summed E-state index contributed by atoms with van der Waals surface area (Å²) in [5.41, 5.74) is 2.23. The van der Waals surface area contributed by atoms with Gasteiger partial charge in [-0.1, -0.05) is 11.6 Å². The summed E-state index contributed by atoms with van der Waals surface area (Å²) in [6.07, 6.45) is 8.74. The molecule has 5 heteroatoms. The Morgan fingerprint density at radius 2 is 2.24 bits per heavy atom. The Hall–Kier alpha value is -1.81. The van der Waals surface area contributed by atoms with Crippen LogP contribution >= 0.6 is 11.6 Å². The Morgan fingerprint density at radius 1 is 1.35 bits per heavy atom. The van der Waals surface area contributed by atoms with E-state index in [-0.39, 0.29) is 5.56 Å². The fourth-order valence-electron chi connectivity index (χ4n) is 2.02. The summed E-state index contributed by atoms with van der Waals surface area (Å²) in [5, 5.41) is 0.845. The molecule has 2 aromatic heterocycles. The Labute approximate surface area is 102 Å². The molecule has 3 rings (SSSR count). The van der Waals surface area contributed by atoms with Crippen molar-refractivity contribution in [3.63, 3.8) is 0 Å². The van der Waals surface area contributed by atoms with Crippen molar-refractivity contribution in [1.82, 2.24) is 14.5 Å². The SMILES string of the molecule is O=c1[nH]cnc2ccn(C3=CC=C(Cl)CC3)c12. The van der Waals surface area contributed by atoms with Crippen molar-refractivity contribution in [2.45, 2.75) is 12.8 Å². The first kappa shape index (κ1) is 10.4. The molecule has 2 aromatic rings. The normalized spacial score (nSPS) is 15.8. The number of aromatic nitrogens is 3. The minimum atomic E-state index is -0.124. The molecule has 0 amide bonds. The minimum Gasteiger partial charge on any atom is -0.314 e. The van der Waals surface area contributed by atoms with E-state index in [9.17, 15) is 4.79 Å². The third-order valence-electron chi connectivity index (χ3n) is 2.87. The number of allylic oxidation sites excluding steroid dienone is 4. The number of nitrogens with zero attached hydrogens (tertiary/aromatic N) is 2. The van der Waals surface area contributed by atoms with E-state index in [0.29, 0.717) is 11.0 Å². The molecule has 86 valence electrons. The Bertz CT molecular complexity index is 693. The first-order chi connectivity index (χ1) is 8.25. The summed E-state index contributed by atoms with van der Waals surface area (Å²) in [7, 11) is 0. The van der Waals surface area contributed by atoms with E-state index >= 15 is 0 Å². The van der Waals surface area contributed by atoms with Crippen LogP contribution in [0.15, 0.2) is 40.6 Å². The van der Waals surface area contributed by atoms with Gasteiger partial charge in [-0.3, -0.25) is 4.79 Å². The fourth-order valence-corrected chi connectivity index (χ4v) is 2.18. The van der Waals surface area contributed by atoms with Gasteiger partial charge in [-0.2, -0.15) is 0 Å². The predicted molar refractivity (Wildman–Crippen MR) is 67.8 cm³/mol. The minimum absolute atomic E-state index is 0.124. The lowest BCUT2D eigenvalue weighted by Gasteiger charge is -2.12. The number of rotatable bonds is 1. The lowest BCUT2D eigenvalue weighted by molar-refractivity contribution is 0.946. The third kappa shape index (κ3) is 1.70. The van der Waals surface area contributed by atoms with Crippen molar-refractivity contribution in [2.75, 3.05) is 0 Å². The van der Waals surface area contributed by atoms with E-state index < -0.39 is 0 Å². The first-order valence-electron chi connectivity index (χ1n) is 5.36. The molecule has 17 heavy (non-hydrogen) atoms. The molecule has 0 unspecified atom stereocenters. The molecule has 0 saturated carbocycles. The summed E-state index contributed by atoms with van der Waals surface area (Å²) in [6, 6.07) is 1.84. The molecule has 0 aliphatic heterocycles. The van der Waals surface area contributed by atoms with Gasteiger partial charge in [0, 0.05) is 16.9 Å². The largest absolute Gasteiger partial charge is 0.314 e. The number of hydrogen-bond acceptors (Lipinski definition) is 2. The van der Waals surface area contributed by atoms with E-state index in [0.717, 1.165) is 23.6 Å². The van der Waals surface area contributed by atoms with Crippen molar-refractivity contribution < 1.29 is 0 Å². The molecule has 2 heterocycles. The summed E-state index contributed by atoms with van der Waals surface area (Å²) in [4.78, 5) is 18.5. The summed E-state index contributed by atoms with van der Waals surface area (Å²) >= 11 is 5.92. The van der Waals surface area contributed by atoms with Gasteiger partial charge in [-0.05, 0) is 31.1 Å². The lowest BCUT2D eigenvalue weighted by Crippen LogP contribution is -2.11. The van der Waals surface area contributed by atoms with Crippen LogP contribution in [0.3, 0.4) is 0 Å². The van der Waals surface area contributed by atoms with E-state index in [4.69, 9.17) is 11.6 Å². The molecule has 0 spiro atoms. The molecule has 0 aromatic carbocycles. The van der Waals surface area contributed by atoms with Gasteiger partial charge in [0.2, 0.25) is 0 Å². The van der Waals surface area contributed by atoms with Gasteiger partial charge < -0.3 is 9.55 Å². The zero-order valence-corrected chi connectivity index (χ0v) is 9.74. The highest BCUT2D eigenvalue weighted by atomic mass is 35.5. The zero-order chi connectivity index (χ0) is 11.8. The van der Waals surface area contributed by atoms with Crippen molar-refractivity contribution in [2.24, 2.45) is 0 Å². The van der Waals surface area contributed by atoms with Crippen LogP contribution in [-0.2, 0) is 0 Å². The molecule has 0 saturated heterocycles. The molecule has 4 nitrogen and oxygen atoms in total. The second kappa shape index (κ2) is 3.89. The van der Waals surface area contributed by atoms with Crippen LogP contribution in [0.5, 0.6) is 0 Å². The highest BCUT2D eigenvalue weighted by molar-refractivity contribution is 6.29. The van der Waals surface area contributed by atoms with Gasteiger partial charge in [0.1, 0.15) is 5.52 Å². The van der Waals surface area contributed by atoms with Gasteiger partial charge in [-0.15, -0.1) is 0 Å². The molecule has 0 fully saturated rings. The van der Waals surface area contributed by atoms with Gasteiger partial charge in [0.15, 0.2) is 0 Å². The number of halogens is 1. The number of fused-ring (bicyclic) bond motifs is 1. The lowest BCUT2D eigenvalue weighted by atomic mass is 10.1. The average molecular weight is 248 g/mol. The molecule has 0 bridgehead atoms. The van der Waals surface area contributed by atoms with E-state index in [1.807, 2.05) is 29.0 Å². The monoisotopic (exact) mass is 247 g/mol. The highest BCUT2D eigenvalue weighted by Gasteiger charge is 2.11. The molecular formula is C12H10ClN3O. The quantitative estimate of drug-likeness (QED) is 0.842. The van der Waals surface area contributed by atoms with Crippen molar-refractivity contribution in [1.29, 1.82) is 0 Å². The Kier molecular flexibility index (Phi) is 2.37. The van der Waals surface area contributed by atoms with Gasteiger partial charge in [0.05, 0.1) is 11.8 Å². The molecule has 0 radical (unpaired) electrons. The van der Waals surface area contributed by atoms with Gasteiger partial charge in [0.25, 0.3) is 5.56 Å². The van der Waals surface area contributed by atoms with Gasteiger partial charge >= 0.3 is 0 Å². The van der Waals surface area contributed by atoms with Crippen LogP contribution in [-0.4, -0.2) is 14.5 Å². The molecule has 1 N–H and O–H groups in total. The van der Waals surface area contributed by atoms with E-state index in [2.05, 4.69) is 9.97 Å². The summed E-state index contributed by atoms with van der Waals surface area (Å²) in [5.74, 6) is 0. The summed E-state index contributed by atoms with van der Waals surface area (Å²) < 4.78 is 1.88. The second-order valence-electron chi connectivity index (χ2n) is 3.92. The third-order valence-corrected chi connectivity index (χ3v) is 3.18. The van der Waals surface area contributed by atoms with E-state index in [1.54, 1.807) is 0 Å². The van der Waals surface area contributed by atoms with Gasteiger partial charge in [-0.25, -0.2) is 4.98 Å². The van der Waals surface area contributed by atoms with Crippen LogP contribution in [0.1, 0.15) is 12.8 Å². The maximum Gasteiger partial charge on any atom is 0.275 e. The molecular weight excluding hydrogens is 238 g/mol. The molecule has 1 aliphatic carbocycles. The second-order valence-corrected chi connectivity index (χ2v) is 4.41. The van der Waals surface area contributed by atoms with Crippen molar-refractivity contribution >= 4 is 28.3 Å². The van der Waals surface area contributed by atoms with Crippen LogP contribution in [0, 0.1) is 0 Å². The zero-order valence-electron chi connectivity index (χ0n) is 8.98. The number of hydrogen-bond donors (Lipinski definition) is 1. The first-order valence-corrected chi connectivity index (χ1v) is 5.74. The summed E-state index contributed by atoms with van der Waals surface area (Å²) in [6.45, 7) is 0. The number of aromatic amines is 1. The number of H-pyrrole nitrogens is 1. The standard InChI is InChI=1S/C12H10ClN3O/c13-8-1-3-9(4-2-8)16-6-5-10-11(16)12(17)15-7-14-10/h1,3,5-7H,2,4H2,(H,14,15,17). The smallest absolute Gasteiger partial charge is 0.275 e. The molecule has 1 aliphatic rings. The average Bonchev–Trinajstić information content (AvgIpc) is 2.75. The van der Waals surface area contributed by atoms with Crippen LogP contribution < -0.4 is 5.56 Å². The topological polar surface area (TPSA) is 50.7 Å². The van der Waals surface area contributed by atoms with Crippen LogP contribution in [0.25, 0.3) is 16.7 Å². The fraction of sp³-hybridized carbons (Fsp3) is 0.167. The van der Waals surface area contributed by atoms with Crippen molar-refractivity contribution in [3.05, 3.63) is 46.1 Å².